The van der Waals surface area contributed by atoms with Crippen LogP contribution in [0, 0.1) is 0 Å². The van der Waals surface area contributed by atoms with E-state index in [1.165, 1.54) is 11.1 Å². The van der Waals surface area contributed by atoms with Crippen LogP contribution >= 0.6 is 0 Å². The van der Waals surface area contributed by atoms with Crippen LogP contribution in [-0.2, 0) is 4.74 Å². The van der Waals surface area contributed by atoms with E-state index in [9.17, 15) is 15.0 Å². The zero-order chi connectivity index (χ0) is 20.2. The van der Waals surface area contributed by atoms with Gasteiger partial charge in [0.25, 0.3) is 0 Å². The Morgan fingerprint density at radius 2 is 1.41 bits per heavy atom. The fraction of sp³-hybridized carbons (Fsp3) is 0.208. The Hall–Kier alpha value is -3.15. The van der Waals surface area contributed by atoms with E-state index in [0.717, 1.165) is 11.1 Å². The van der Waals surface area contributed by atoms with Crippen LogP contribution in [0.4, 0.5) is 4.79 Å². The first-order valence-electron chi connectivity index (χ1n) is 9.65. The summed E-state index contributed by atoms with van der Waals surface area (Å²) in [5, 5.41) is 22.9. The van der Waals surface area contributed by atoms with Gasteiger partial charge < -0.3 is 20.3 Å². The molecule has 5 heteroatoms. The van der Waals surface area contributed by atoms with Crippen LogP contribution in [0.1, 0.15) is 28.7 Å². The maximum absolute atomic E-state index is 12.2. The normalized spacial score (nSPS) is 14.6. The van der Waals surface area contributed by atoms with E-state index in [0.29, 0.717) is 5.56 Å². The highest BCUT2D eigenvalue weighted by Gasteiger charge is 2.29. The summed E-state index contributed by atoms with van der Waals surface area (Å²) in [6.07, 6.45) is -2.82. The molecule has 3 aromatic carbocycles. The number of hydrogen-bond donors (Lipinski definition) is 3. The number of alkyl carbamates (subject to hydrolysis) is 1. The molecule has 1 aliphatic carbocycles. The van der Waals surface area contributed by atoms with E-state index in [4.69, 9.17) is 4.74 Å². The summed E-state index contributed by atoms with van der Waals surface area (Å²) in [5.74, 6) is -0.0204. The van der Waals surface area contributed by atoms with Crippen LogP contribution in [-0.4, -0.2) is 35.6 Å². The number of rotatable bonds is 6. The SMILES string of the molecule is O=C(NCC(O)C(O)c1ccccc1)OCC1c2ccccc2-c2ccccc21. The Balaban J connectivity index is 1.34. The number of benzene rings is 3. The molecule has 1 aliphatic rings. The lowest BCUT2D eigenvalue weighted by Crippen LogP contribution is -2.36. The third-order valence-corrected chi connectivity index (χ3v) is 5.30. The number of carbonyl (C=O) groups excluding carboxylic acids is 1. The first-order chi connectivity index (χ1) is 14.1. The fourth-order valence-electron chi connectivity index (χ4n) is 3.82. The lowest BCUT2D eigenvalue weighted by molar-refractivity contribution is 0.0185. The van der Waals surface area contributed by atoms with E-state index in [2.05, 4.69) is 29.6 Å². The summed E-state index contributed by atoms with van der Waals surface area (Å²) in [6, 6.07) is 25.1. The van der Waals surface area contributed by atoms with Crippen LogP contribution < -0.4 is 5.32 Å². The number of fused-ring (bicyclic) bond motifs is 3. The van der Waals surface area contributed by atoms with Crippen molar-refractivity contribution in [3.63, 3.8) is 0 Å². The number of amides is 1. The molecule has 0 fully saturated rings. The lowest BCUT2D eigenvalue weighted by Gasteiger charge is -2.19. The number of hydrogen-bond acceptors (Lipinski definition) is 4. The highest BCUT2D eigenvalue weighted by Crippen LogP contribution is 2.44. The molecule has 1 amide bonds. The van der Waals surface area contributed by atoms with Crippen LogP contribution in [0.25, 0.3) is 11.1 Å². The van der Waals surface area contributed by atoms with Crippen molar-refractivity contribution in [1.29, 1.82) is 0 Å². The third kappa shape index (κ3) is 4.01. The molecule has 148 valence electrons. The molecule has 0 aromatic heterocycles. The number of aliphatic hydroxyl groups is 2. The lowest BCUT2D eigenvalue weighted by atomic mass is 9.98. The maximum atomic E-state index is 12.2. The van der Waals surface area contributed by atoms with Gasteiger partial charge in [-0.3, -0.25) is 0 Å². The van der Waals surface area contributed by atoms with E-state index < -0.39 is 18.3 Å². The Bertz CT molecular complexity index is 943. The molecule has 0 spiro atoms. The van der Waals surface area contributed by atoms with E-state index >= 15 is 0 Å². The number of nitrogens with one attached hydrogen (secondary N) is 1. The molecule has 0 heterocycles. The third-order valence-electron chi connectivity index (χ3n) is 5.30. The molecule has 0 aliphatic heterocycles. The van der Waals surface area contributed by atoms with E-state index in [1.54, 1.807) is 24.3 Å². The topological polar surface area (TPSA) is 78.8 Å². The van der Waals surface area contributed by atoms with Crippen molar-refractivity contribution < 1.29 is 19.7 Å². The smallest absolute Gasteiger partial charge is 0.407 e. The summed E-state index contributed by atoms with van der Waals surface area (Å²) in [4.78, 5) is 12.2. The van der Waals surface area contributed by atoms with Gasteiger partial charge >= 0.3 is 6.09 Å². The summed E-state index contributed by atoms with van der Waals surface area (Å²) in [5.41, 5.74) is 5.20. The average Bonchev–Trinajstić information content (AvgIpc) is 3.10. The van der Waals surface area contributed by atoms with Gasteiger partial charge in [0.2, 0.25) is 0 Å². The molecule has 4 rings (SSSR count). The molecule has 2 atom stereocenters. The summed E-state index contributed by atoms with van der Waals surface area (Å²) in [6.45, 7) is 0.101. The summed E-state index contributed by atoms with van der Waals surface area (Å²) in [7, 11) is 0. The second kappa shape index (κ2) is 8.47. The number of ether oxygens (including phenoxy) is 1. The maximum Gasteiger partial charge on any atom is 0.407 e. The molecule has 0 saturated heterocycles. The zero-order valence-corrected chi connectivity index (χ0v) is 15.9. The predicted octanol–water partition coefficient (Wildman–Crippen LogP) is 3.62. The molecule has 3 N–H and O–H groups in total. The Morgan fingerprint density at radius 3 is 2.03 bits per heavy atom. The molecule has 2 unspecified atom stereocenters. The van der Waals surface area contributed by atoms with Gasteiger partial charge in [0, 0.05) is 12.5 Å². The number of aliphatic hydroxyl groups excluding tert-OH is 2. The van der Waals surface area contributed by atoms with Crippen molar-refractivity contribution >= 4 is 6.09 Å². The Kier molecular flexibility index (Phi) is 5.60. The molecular weight excluding hydrogens is 366 g/mol. The fourth-order valence-corrected chi connectivity index (χ4v) is 3.82. The molecular formula is C24H23NO4. The van der Waals surface area contributed by atoms with Crippen molar-refractivity contribution in [3.05, 3.63) is 95.6 Å². The van der Waals surface area contributed by atoms with E-state index in [-0.39, 0.29) is 19.1 Å². The Labute approximate surface area is 169 Å². The van der Waals surface area contributed by atoms with Gasteiger partial charge in [-0.15, -0.1) is 0 Å². The predicted molar refractivity (Wildman–Crippen MR) is 110 cm³/mol. The average molecular weight is 389 g/mol. The van der Waals surface area contributed by atoms with Gasteiger partial charge in [-0.05, 0) is 27.8 Å². The standard InChI is InChI=1S/C24H23NO4/c26-22(23(27)16-8-2-1-3-9-16)14-25-24(28)29-15-21-19-12-6-4-10-17(19)18-11-5-7-13-20(18)21/h1-13,21-23,26-27H,14-15H2,(H,25,28). The second-order valence-electron chi connectivity index (χ2n) is 7.13. The van der Waals surface area contributed by atoms with Crippen molar-refractivity contribution in [1.82, 2.24) is 5.32 Å². The van der Waals surface area contributed by atoms with Gasteiger partial charge in [0.1, 0.15) is 18.8 Å². The second-order valence-corrected chi connectivity index (χ2v) is 7.13. The highest BCUT2D eigenvalue weighted by molar-refractivity contribution is 5.79. The van der Waals surface area contributed by atoms with Crippen LogP contribution in [0.5, 0.6) is 0 Å². The minimum absolute atomic E-state index is 0.0204. The van der Waals surface area contributed by atoms with Crippen LogP contribution in [0.2, 0.25) is 0 Å². The Morgan fingerprint density at radius 1 is 0.862 bits per heavy atom. The first-order valence-corrected chi connectivity index (χ1v) is 9.65. The van der Waals surface area contributed by atoms with Crippen molar-refractivity contribution in [2.24, 2.45) is 0 Å². The van der Waals surface area contributed by atoms with Gasteiger partial charge in [-0.25, -0.2) is 4.79 Å². The van der Waals surface area contributed by atoms with E-state index in [1.807, 2.05) is 30.3 Å². The molecule has 0 saturated carbocycles. The molecule has 0 bridgehead atoms. The number of carbonyl (C=O) groups is 1. The largest absolute Gasteiger partial charge is 0.449 e. The molecule has 29 heavy (non-hydrogen) atoms. The summed E-state index contributed by atoms with van der Waals surface area (Å²) < 4.78 is 5.43. The minimum atomic E-state index is -1.13. The molecule has 3 aromatic rings. The highest BCUT2D eigenvalue weighted by atomic mass is 16.5. The summed E-state index contributed by atoms with van der Waals surface area (Å²) >= 11 is 0. The van der Waals surface area contributed by atoms with Crippen molar-refractivity contribution in [2.75, 3.05) is 13.2 Å². The van der Waals surface area contributed by atoms with Gasteiger partial charge in [0.15, 0.2) is 0 Å². The molecule has 0 radical (unpaired) electrons. The zero-order valence-electron chi connectivity index (χ0n) is 15.9. The van der Waals surface area contributed by atoms with Crippen LogP contribution in [0.15, 0.2) is 78.9 Å². The molecule has 5 nitrogen and oxygen atoms in total. The van der Waals surface area contributed by atoms with Crippen LogP contribution in [0.3, 0.4) is 0 Å². The minimum Gasteiger partial charge on any atom is -0.449 e. The van der Waals surface area contributed by atoms with Crippen molar-refractivity contribution in [3.8, 4) is 11.1 Å². The monoisotopic (exact) mass is 389 g/mol. The van der Waals surface area contributed by atoms with Crippen molar-refractivity contribution in [2.45, 2.75) is 18.1 Å². The van der Waals surface area contributed by atoms with Gasteiger partial charge in [-0.2, -0.15) is 0 Å². The quantitative estimate of drug-likeness (QED) is 0.602. The van der Waals surface area contributed by atoms with Gasteiger partial charge in [0.05, 0.1) is 0 Å². The van der Waals surface area contributed by atoms with Gasteiger partial charge in [-0.1, -0.05) is 78.9 Å². The first kappa shape index (κ1) is 19.2.